The van der Waals surface area contributed by atoms with Crippen LogP contribution in [0.2, 0.25) is 0 Å². The molecule has 1 aromatic rings. The van der Waals surface area contributed by atoms with Gasteiger partial charge < -0.3 is 20.3 Å². The molecule has 0 unspecified atom stereocenters. The van der Waals surface area contributed by atoms with Gasteiger partial charge in [-0.3, -0.25) is 0 Å². The number of nitrogens with one attached hydrogen (secondary N) is 2. The van der Waals surface area contributed by atoms with Gasteiger partial charge in [-0.15, -0.1) is 0 Å². The Morgan fingerprint density at radius 1 is 1.38 bits per heavy atom. The number of piperidine rings is 1. The first-order chi connectivity index (χ1) is 11.5. The van der Waals surface area contributed by atoms with Crippen LogP contribution in [0.3, 0.4) is 0 Å². The molecule has 0 saturated carbocycles. The zero-order valence-corrected chi connectivity index (χ0v) is 15.0. The minimum atomic E-state index is -0.132. The van der Waals surface area contributed by atoms with Crippen LogP contribution in [0.5, 0.6) is 0 Å². The highest BCUT2D eigenvalue weighted by Gasteiger charge is 2.20. The van der Waals surface area contributed by atoms with Gasteiger partial charge in [0.05, 0.1) is 6.61 Å². The van der Waals surface area contributed by atoms with E-state index in [1.165, 1.54) is 0 Å². The highest BCUT2D eigenvalue weighted by atomic mass is 16.5. The van der Waals surface area contributed by atoms with Crippen molar-refractivity contribution in [1.29, 1.82) is 0 Å². The van der Waals surface area contributed by atoms with Crippen LogP contribution < -0.4 is 10.6 Å². The van der Waals surface area contributed by atoms with E-state index in [9.17, 15) is 4.79 Å². The summed E-state index contributed by atoms with van der Waals surface area (Å²) in [5, 5.41) is 6.06. The second-order valence-corrected chi connectivity index (χ2v) is 6.52. The van der Waals surface area contributed by atoms with E-state index in [-0.39, 0.29) is 12.1 Å². The maximum Gasteiger partial charge on any atom is 0.319 e. The van der Waals surface area contributed by atoms with Crippen LogP contribution in [0.25, 0.3) is 5.57 Å². The fourth-order valence-corrected chi connectivity index (χ4v) is 2.89. The summed E-state index contributed by atoms with van der Waals surface area (Å²) in [6, 6.07) is 6.11. The van der Waals surface area contributed by atoms with Gasteiger partial charge in [-0.2, -0.15) is 0 Å². The van der Waals surface area contributed by atoms with E-state index in [4.69, 9.17) is 4.74 Å². The molecule has 5 nitrogen and oxygen atoms in total. The molecule has 24 heavy (non-hydrogen) atoms. The van der Waals surface area contributed by atoms with E-state index in [0.29, 0.717) is 0 Å². The van der Waals surface area contributed by atoms with Crippen molar-refractivity contribution in [3.8, 4) is 0 Å². The largest absolute Gasteiger partial charge is 0.383 e. The highest BCUT2D eigenvalue weighted by Crippen LogP contribution is 2.21. The first-order valence-electron chi connectivity index (χ1n) is 8.55. The monoisotopic (exact) mass is 331 g/mol. The van der Waals surface area contributed by atoms with Crippen molar-refractivity contribution >= 4 is 17.3 Å². The van der Waals surface area contributed by atoms with Crippen molar-refractivity contribution in [1.82, 2.24) is 10.2 Å². The maximum absolute atomic E-state index is 12.3. The normalized spacial score (nSPS) is 16.0. The summed E-state index contributed by atoms with van der Waals surface area (Å²) in [6.45, 7) is 11.6. The quantitative estimate of drug-likeness (QED) is 0.841. The van der Waals surface area contributed by atoms with E-state index in [1.807, 2.05) is 32.0 Å². The zero-order valence-electron chi connectivity index (χ0n) is 15.0. The second kappa shape index (κ2) is 8.85. The number of anilines is 1. The molecule has 5 heteroatoms. The van der Waals surface area contributed by atoms with Crippen molar-refractivity contribution in [2.24, 2.45) is 0 Å². The number of aryl methyl sites for hydroxylation is 1. The number of hydrogen-bond donors (Lipinski definition) is 2. The summed E-state index contributed by atoms with van der Waals surface area (Å²) in [7, 11) is 1.73. The van der Waals surface area contributed by atoms with Crippen LogP contribution in [0.15, 0.2) is 24.8 Å². The van der Waals surface area contributed by atoms with E-state index in [1.54, 1.807) is 7.11 Å². The van der Waals surface area contributed by atoms with E-state index < -0.39 is 0 Å². The number of nitrogens with zero attached hydrogens (tertiary/aromatic N) is 1. The molecule has 2 amide bonds. The van der Waals surface area contributed by atoms with E-state index in [0.717, 1.165) is 61.5 Å². The molecular formula is C19H29N3O2. The third kappa shape index (κ3) is 5.35. The average Bonchev–Trinajstić information content (AvgIpc) is 2.56. The molecule has 1 aliphatic heterocycles. The van der Waals surface area contributed by atoms with Crippen LogP contribution >= 0.6 is 0 Å². The molecule has 1 heterocycles. The number of hydrogen-bond acceptors (Lipinski definition) is 3. The topological polar surface area (TPSA) is 53.6 Å². The number of amides is 2. The van der Waals surface area contributed by atoms with Gasteiger partial charge in [-0.25, -0.2) is 4.79 Å². The Morgan fingerprint density at radius 2 is 2.08 bits per heavy atom. The van der Waals surface area contributed by atoms with Gasteiger partial charge in [0.15, 0.2) is 0 Å². The third-order valence-corrected chi connectivity index (χ3v) is 4.51. The summed E-state index contributed by atoms with van der Waals surface area (Å²) >= 11 is 0. The summed E-state index contributed by atoms with van der Waals surface area (Å²) in [5.74, 6) is 0. The van der Waals surface area contributed by atoms with E-state index >= 15 is 0 Å². The zero-order chi connectivity index (χ0) is 17.5. The average molecular weight is 331 g/mol. The third-order valence-electron chi connectivity index (χ3n) is 4.51. The predicted octanol–water partition coefficient (Wildman–Crippen LogP) is 3.26. The van der Waals surface area contributed by atoms with E-state index in [2.05, 4.69) is 22.1 Å². The molecule has 1 saturated heterocycles. The maximum atomic E-state index is 12.3. The summed E-state index contributed by atoms with van der Waals surface area (Å²) in [6.07, 6.45) is 1.95. The number of allylic oxidation sites excluding steroid dienone is 1. The summed E-state index contributed by atoms with van der Waals surface area (Å²) in [5.41, 5.74) is 3.92. The van der Waals surface area contributed by atoms with Crippen LogP contribution in [-0.2, 0) is 4.74 Å². The Morgan fingerprint density at radius 3 is 2.71 bits per heavy atom. The first-order valence-corrected chi connectivity index (χ1v) is 8.55. The van der Waals surface area contributed by atoms with Gasteiger partial charge in [0.2, 0.25) is 0 Å². The lowest BCUT2D eigenvalue weighted by molar-refractivity contribution is 0.127. The number of carbonyl (C=O) groups excluding carboxylic acids is 1. The number of benzene rings is 1. The van der Waals surface area contributed by atoms with Gasteiger partial charge in [0, 0.05) is 38.5 Å². The lowest BCUT2D eigenvalue weighted by Gasteiger charge is -2.32. The Kier molecular flexibility index (Phi) is 6.82. The fourth-order valence-electron chi connectivity index (χ4n) is 2.89. The number of ether oxygens (including phenoxy) is 1. The van der Waals surface area contributed by atoms with Crippen molar-refractivity contribution in [3.63, 3.8) is 0 Å². The van der Waals surface area contributed by atoms with Gasteiger partial charge >= 0.3 is 6.03 Å². The Hall–Kier alpha value is -1.85. The number of rotatable bonds is 6. The summed E-state index contributed by atoms with van der Waals surface area (Å²) in [4.78, 5) is 14.7. The highest BCUT2D eigenvalue weighted by molar-refractivity contribution is 5.91. The molecule has 2 N–H and O–H groups in total. The minimum Gasteiger partial charge on any atom is -0.383 e. The molecule has 1 aromatic carbocycles. The number of urea groups is 1. The molecule has 1 fully saturated rings. The second-order valence-electron chi connectivity index (χ2n) is 6.52. The number of methoxy groups -OCH3 is 1. The summed E-state index contributed by atoms with van der Waals surface area (Å²) < 4.78 is 5.11. The van der Waals surface area contributed by atoms with Gasteiger partial charge in [-0.05, 0) is 43.9 Å². The molecule has 0 atom stereocenters. The molecule has 2 rings (SSSR count). The van der Waals surface area contributed by atoms with Crippen molar-refractivity contribution in [3.05, 3.63) is 35.9 Å². The molecular weight excluding hydrogens is 302 g/mol. The smallest absolute Gasteiger partial charge is 0.319 e. The van der Waals surface area contributed by atoms with Crippen LogP contribution in [0.1, 0.15) is 30.9 Å². The van der Waals surface area contributed by atoms with Crippen LogP contribution in [0.4, 0.5) is 10.5 Å². The van der Waals surface area contributed by atoms with Crippen molar-refractivity contribution < 1.29 is 9.53 Å². The number of carbonyl (C=O) groups is 1. The molecule has 1 aliphatic rings. The standard InChI is InChI=1S/C19H29N3O2/c1-14(2)16-6-5-15(3)18(13-16)21-19(23)20-17-7-9-22(10-8-17)11-12-24-4/h5-6,13,17H,1,7-12H2,2-4H3,(H2,20,21,23). The first kappa shape index (κ1) is 18.5. The molecule has 0 aliphatic carbocycles. The lowest BCUT2D eigenvalue weighted by Crippen LogP contribution is -2.46. The molecule has 0 radical (unpaired) electrons. The molecule has 132 valence electrons. The van der Waals surface area contributed by atoms with Crippen LogP contribution in [0, 0.1) is 6.92 Å². The van der Waals surface area contributed by atoms with Crippen molar-refractivity contribution in [2.45, 2.75) is 32.7 Å². The van der Waals surface area contributed by atoms with Gasteiger partial charge in [0.25, 0.3) is 0 Å². The number of likely N-dealkylation sites (tertiary alicyclic amines) is 1. The Balaban J connectivity index is 1.84. The molecule has 0 spiro atoms. The van der Waals surface area contributed by atoms with Crippen molar-refractivity contribution in [2.75, 3.05) is 38.7 Å². The minimum absolute atomic E-state index is 0.132. The fraction of sp³-hybridized carbons (Fsp3) is 0.526. The van der Waals surface area contributed by atoms with Gasteiger partial charge in [-0.1, -0.05) is 24.3 Å². The SMILES string of the molecule is C=C(C)c1ccc(C)c(NC(=O)NC2CCN(CCOC)CC2)c1. The predicted molar refractivity (Wildman–Crippen MR) is 99.4 cm³/mol. The lowest BCUT2D eigenvalue weighted by atomic mass is 10.0. The Labute approximate surface area is 145 Å². The molecule has 0 aromatic heterocycles. The van der Waals surface area contributed by atoms with Gasteiger partial charge in [0.1, 0.15) is 0 Å². The Bertz CT molecular complexity index is 578. The van der Waals surface area contributed by atoms with Crippen LogP contribution in [-0.4, -0.2) is 50.3 Å². The molecule has 0 bridgehead atoms.